The van der Waals surface area contributed by atoms with Crippen LogP contribution in [-0.4, -0.2) is 37.2 Å². The number of halogens is 1. The predicted octanol–water partition coefficient (Wildman–Crippen LogP) is 0.141. The van der Waals surface area contributed by atoms with Crippen molar-refractivity contribution in [1.82, 2.24) is 14.3 Å². The third-order valence-electron chi connectivity index (χ3n) is 2.34. The Morgan fingerprint density at radius 1 is 1.69 bits per heavy atom. The Bertz CT molecular complexity index is 479. The summed E-state index contributed by atoms with van der Waals surface area (Å²) in [4.78, 5) is 3.77. The molecule has 1 saturated heterocycles. The van der Waals surface area contributed by atoms with Gasteiger partial charge < -0.3 is 9.30 Å². The van der Waals surface area contributed by atoms with E-state index >= 15 is 0 Å². The number of nitrogens with one attached hydrogen (secondary N) is 1. The van der Waals surface area contributed by atoms with Crippen LogP contribution in [0.4, 0.5) is 0 Å². The van der Waals surface area contributed by atoms with E-state index < -0.39 is 10.0 Å². The highest BCUT2D eigenvalue weighted by atomic mass is 35.5. The number of aryl methyl sites for hydroxylation is 1. The van der Waals surface area contributed by atoms with Crippen molar-refractivity contribution in [3.05, 3.63) is 11.5 Å². The summed E-state index contributed by atoms with van der Waals surface area (Å²) in [6, 6.07) is -0.192. The minimum absolute atomic E-state index is 0.103. The molecule has 1 atom stereocenters. The second-order valence-corrected chi connectivity index (χ2v) is 5.62. The molecule has 2 rings (SSSR count). The van der Waals surface area contributed by atoms with E-state index in [1.807, 2.05) is 0 Å². The van der Waals surface area contributed by atoms with Crippen molar-refractivity contribution < 1.29 is 13.2 Å². The summed E-state index contributed by atoms with van der Waals surface area (Å²) >= 11 is 5.83. The minimum atomic E-state index is -3.65. The van der Waals surface area contributed by atoms with Crippen LogP contribution in [0.25, 0.3) is 0 Å². The summed E-state index contributed by atoms with van der Waals surface area (Å²) in [6.45, 7) is 0.965. The van der Waals surface area contributed by atoms with Gasteiger partial charge in [0.25, 0.3) is 10.0 Å². The fourth-order valence-corrected chi connectivity index (χ4v) is 3.16. The number of imidazole rings is 1. The van der Waals surface area contributed by atoms with Gasteiger partial charge in [-0.15, -0.1) is 0 Å². The monoisotopic (exact) mass is 265 g/mol. The first-order valence-corrected chi connectivity index (χ1v) is 6.64. The summed E-state index contributed by atoms with van der Waals surface area (Å²) < 4.78 is 32.8. The lowest BCUT2D eigenvalue weighted by Crippen LogP contribution is -2.35. The fourth-order valence-electron chi connectivity index (χ4n) is 1.48. The summed E-state index contributed by atoms with van der Waals surface area (Å²) in [5, 5.41) is -0.0324. The van der Waals surface area contributed by atoms with Crippen LogP contribution in [0.2, 0.25) is 5.15 Å². The van der Waals surface area contributed by atoms with Gasteiger partial charge in [-0.2, -0.15) is 0 Å². The lowest BCUT2D eigenvalue weighted by molar-refractivity contribution is 0.192. The van der Waals surface area contributed by atoms with E-state index in [2.05, 4.69) is 9.71 Å². The highest BCUT2D eigenvalue weighted by Crippen LogP contribution is 2.19. The van der Waals surface area contributed by atoms with Gasteiger partial charge in [0.15, 0.2) is 0 Å². The van der Waals surface area contributed by atoms with Crippen molar-refractivity contribution in [2.75, 3.05) is 13.2 Å². The second kappa shape index (κ2) is 4.33. The molecule has 1 aromatic heterocycles. The minimum Gasteiger partial charge on any atom is -0.380 e. The van der Waals surface area contributed by atoms with E-state index in [1.165, 1.54) is 10.9 Å². The third kappa shape index (κ3) is 2.22. The molecule has 2 heterocycles. The molecule has 6 nitrogen and oxygen atoms in total. The second-order valence-electron chi connectivity index (χ2n) is 3.63. The van der Waals surface area contributed by atoms with Crippen LogP contribution in [0.1, 0.15) is 6.42 Å². The Morgan fingerprint density at radius 2 is 2.44 bits per heavy atom. The van der Waals surface area contributed by atoms with E-state index in [0.717, 1.165) is 0 Å². The number of hydrogen-bond donors (Lipinski definition) is 1. The molecule has 1 aromatic rings. The molecular formula is C8H12ClN3O3S. The van der Waals surface area contributed by atoms with E-state index in [0.29, 0.717) is 19.6 Å². The normalized spacial score (nSPS) is 21.5. The third-order valence-corrected chi connectivity index (χ3v) is 4.35. The zero-order valence-corrected chi connectivity index (χ0v) is 10.3. The molecule has 0 aromatic carbocycles. The van der Waals surface area contributed by atoms with E-state index in [1.54, 1.807) is 7.05 Å². The maximum absolute atomic E-state index is 11.9. The topological polar surface area (TPSA) is 73.2 Å². The van der Waals surface area contributed by atoms with Gasteiger partial charge in [0, 0.05) is 19.7 Å². The van der Waals surface area contributed by atoms with Crippen molar-refractivity contribution in [2.45, 2.75) is 17.5 Å². The first-order chi connectivity index (χ1) is 7.50. The molecule has 90 valence electrons. The van der Waals surface area contributed by atoms with Crippen molar-refractivity contribution >= 4 is 21.6 Å². The number of ether oxygens (including phenoxy) is 1. The summed E-state index contributed by atoms with van der Waals surface area (Å²) in [5.74, 6) is 0. The van der Waals surface area contributed by atoms with Gasteiger partial charge in [0.1, 0.15) is 5.15 Å². The van der Waals surface area contributed by atoms with E-state index in [-0.39, 0.29) is 16.2 Å². The number of rotatable bonds is 3. The highest BCUT2D eigenvalue weighted by Gasteiger charge is 2.27. The Labute approximate surface area is 98.6 Å². The molecule has 0 bridgehead atoms. The summed E-state index contributed by atoms with van der Waals surface area (Å²) in [7, 11) is -2.02. The van der Waals surface area contributed by atoms with Crippen LogP contribution in [0, 0.1) is 0 Å². The SMILES string of the molecule is Cn1cnc(S(=O)(=O)NC2CCOC2)c1Cl. The molecule has 1 fully saturated rings. The Kier molecular flexibility index (Phi) is 3.20. The maximum Gasteiger partial charge on any atom is 0.261 e. The van der Waals surface area contributed by atoms with Crippen LogP contribution in [0.5, 0.6) is 0 Å². The van der Waals surface area contributed by atoms with E-state index in [9.17, 15) is 8.42 Å². The highest BCUT2D eigenvalue weighted by molar-refractivity contribution is 7.89. The van der Waals surface area contributed by atoms with Gasteiger partial charge in [-0.1, -0.05) is 11.6 Å². The molecule has 0 amide bonds. The lowest BCUT2D eigenvalue weighted by atomic mass is 10.3. The Morgan fingerprint density at radius 3 is 2.94 bits per heavy atom. The first kappa shape index (κ1) is 11.8. The number of sulfonamides is 1. The molecule has 1 N–H and O–H groups in total. The van der Waals surface area contributed by atoms with Gasteiger partial charge in [0.05, 0.1) is 12.9 Å². The Balaban J connectivity index is 2.21. The van der Waals surface area contributed by atoms with Gasteiger partial charge in [-0.3, -0.25) is 0 Å². The Hall–Kier alpha value is -0.630. The van der Waals surface area contributed by atoms with Crippen LogP contribution >= 0.6 is 11.6 Å². The van der Waals surface area contributed by atoms with Crippen molar-refractivity contribution in [3.63, 3.8) is 0 Å². The number of nitrogens with zero attached hydrogens (tertiary/aromatic N) is 2. The van der Waals surface area contributed by atoms with Crippen molar-refractivity contribution in [2.24, 2.45) is 7.05 Å². The summed E-state index contributed by atoms with van der Waals surface area (Å²) in [5.41, 5.74) is 0. The lowest BCUT2D eigenvalue weighted by Gasteiger charge is -2.09. The van der Waals surface area contributed by atoms with Crippen molar-refractivity contribution in [3.8, 4) is 0 Å². The average Bonchev–Trinajstić information content (AvgIpc) is 2.78. The number of hydrogen-bond acceptors (Lipinski definition) is 4. The summed E-state index contributed by atoms with van der Waals surface area (Å²) in [6.07, 6.45) is 2.03. The molecular weight excluding hydrogens is 254 g/mol. The van der Waals surface area contributed by atoms with Gasteiger partial charge >= 0.3 is 0 Å². The fraction of sp³-hybridized carbons (Fsp3) is 0.625. The van der Waals surface area contributed by atoms with Crippen LogP contribution in [0.3, 0.4) is 0 Å². The molecule has 16 heavy (non-hydrogen) atoms. The molecule has 8 heteroatoms. The maximum atomic E-state index is 11.9. The smallest absolute Gasteiger partial charge is 0.261 e. The quantitative estimate of drug-likeness (QED) is 0.844. The van der Waals surface area contributed by atoms with Gasteiger partial charge in [0.2, 0.25) is 5.03 Å². The zero-order chi connectivity index (χ0) is 11.8. The molecule has 0 saturated carbocycles. The largest absolute Gasteiger partial charge is 0.380 e. The predicted molar refractivity (Wildman–Crippen MR) is 57.8 cm³/mol. The molecule has 0 spiro atoms. The van der Waals surface area contributed by atoms with Gasteiger partial charge in [-0.25, -0.2) is 18.1 Å². The standard InChI is InChI=1S/C8H12ClN3O3S/c1-12-5-10-8(7(12)9)16(13,14)11-6-2-3-15-4-6/h5-6,11H,2-4H2,1H3. The molecule has 1 unspecified atom stereocenters. The first-order valence-electron chi connectivity index (χ1n) is 4.77. The van der Waals surface area contributed by atoms with Crippen LogP contribution in [-0.2, 0) is 21.8 Å². The molecule has 1 aliphatic heterocycles. The molecule has 1 aliphatic rings. The van der Waals surface area contributed by atoms with Crippen LogP contribution < -0.4 is 4.72 Å². The van der Waals surface area contributed by atoms with Gasteiger partial charge in [-0.05, 0) is 6.42 Å². The van der Waals surface area contributed by atoms with Crippen LogP contribution in [0.15, 0.2) is 11.4 Å². The molecule has 0 aliphatic carbocycles. The van der Waals surface area contributed by atoms with Crippen molar-refractivity contribution in [1.29, 1.82) is 0 Å². The zero-order valence-electron chi connectivity index (χ0n) is 8.68. The number of aromatic nitrogens is 2. The molecule has 0 radical (unpaired) electrons. The van der Waals surface area contributed by atoms with E-state index in [4.69, 9.17) is 16.3 Å². The average molecular weight is 266 g/mol.